The summed E-state index contributed by atoms with van der Waals surface area (Å²) in [4.78, 5) is 10.8. The van der Waals surface area contributed by atoms with Crippen molar-refractivity contribution in [2.75, 3.05) is 0 Å². The Labute approximate surface area is 298 Å². The molecule has 0 fully saturated rings. The minimum absolute atomic E-state index is 0.676. The second kappa shape index (κ2) is 12.6. The highest BCUT2D eigenvalue weighted by Gasteiger charge is 2.49. The molecule has 1 heterocycles. The fraction of sp³-hybridized carbons (Fsp3) is 0.0213. The van der Waals surface area contributed by atoms with E-state index in [-0.39, 0.29) is 0 Å². The molecule has 51 heavy (non-hydrogen) atoms. The average Bonchev–Trinajstić information content (AvgIpc) is 3.53. The Morgan fingerprint density at radius 3 is 1.45 bits per heavy atom. The van der Waals surface area contributed by atoms with Crippen LogP contribution in [-0.2, 0) is 9.98 Å². The smallest absolute Gasteiger partial charge is 0.171 e. The van der Waals surface area contributed by atoms with Crippen LogP contribution in [0.1, 0.15) is 22.4 Å². The number of hydrogen-bond acceptors (Lipinski definition) is 3. The van der Waals surface area contributed by atoms with Crippen LogP contribution in [0.5, 0.6) is 0 Å². The maximum Gasteiger partial charge on any atom is 0.171 e. The zero-order valence-electron chi connectivity index (χ0n) is 27.8. The first-order valence-electron chi connectivity index (χ1n) is 17.2. The number of hydrogen-bond donors (Lipinski definition) is 0. The van der Waals surface area contributed by atoms with E-state index in [2.05, 4.69) is 115 Å². The summed E-state index contributed by atoms with van der Waals surface area (Å²) in [5.41, 5.74) is 8.50. The minimum atomic E-state index is -3.18. The van der Waals surface area contributed by atoms with Crippen LogP contribution in [0.3, 0.4) is 0 Å². The molecular weight excluding hydrogens is 640 g/mol. The lowest BCUT2D eigenvalue weighted by Crippen LogP contribution is -2.31. The predicted molar refractivity (Wildman–Crippen MR) is 210 cm³/mol. The van der Waals surface area contributed by atoms with Crippen molar-refractivity contribution in [2.45, 2.75) is 5.41 Å². The molecule has 1 atom stereocenters. The van der Waals surface area contributed by atoms with Crippen LogP contribution in [0.15, 0.2) is 200 Å². The largest absolute Gasteiger partial charge is 0.309 e. The van der Waals surface area contributed by atoms with E-state index < -0.39 is 12.6 Å². The van der Waals surface area contributed by atoms with Crippen LogP contribution >= 0.6 is 7.14 Å². The summed E-state index contributed by atoms with van der Waals surface area (Å²) in [6.07, 6.45) is 0. The molecule has 1 aromatic heterocycles. The van der Waals surface area contributed by atoms with Gasteiger partial charge in [0.15, 0.2) is 13.0 Å². The Hall–Kier alpha value is -6.15. The third kappa shape index (κ3) is 4.93. The molecular formula is C47H33N2OP. The summed E-state index contributed by atoms with van der Waals surface area (Å²) in [6.45, 7) is 0. The standard InChI is InChI=1S/C47H33N2OP/c50-51(38-24-12-4-13-25-38,39-26-14-5-15-27-39)40-32-30-37(31-33-40)47(36-22-10-3-11-23-36)42-29-17-16-28-41(42)43-44(34-18-6-1-7-19-34)48-46(49-45(43)47)35-20-8-2-9-21-35/h1-33H. The van der Waals surface area contributed by atoms with Crippen molar-refractivity contribution >= 4 is 23.1 Å². The molecule has 1 unspecified atom stereocenters. The van der Waals surface area contributed by atoms with Gasteiger partial charge in [0, 0.05) is 32.6 Å². The van der Waals surface area contributed by atoms with E-state index >= 15 is 4.57 Å². The lowest BCUT2D eigenvalue weighted by molar-refractivity contribution is 0.592. The van der Waals surface area contributed by atoms with Crippen molar-refractivity contribution in [3.05, 3.63) is 223 Å². The van der Waals surface area contributed by atoms with Gasteiger partial charge in [-0.25, -0.2) is 9.97 Å². The molecule has 4 heteroatoms. The van der Waals surface area contributed by atoms with Crippen LogP contribution < -0.4 is 15.9 Å². The number of nitrogens with zero attached hydrogens (tertiary/aromatic N) is 2. The summed E-state index contributed by atoms with van der Waals surface area (Å²) in [5.74, 6) is 0.676. The summed E-state index contributed by atoms with van der Waals surface area (Å²) >= 11 is 0. The van der Waals surface area contributed by atoms with Crippen LogP contribution in [0.25, 0.3) is 33.8 Å². The van der Waals surface area contributed by atoms with Gasteiger partial charge in [-0.05, 0) is 22.3 Å². The molecule has 242 valence electrons. The molecule has 1 aliphatic rings. The second-order valence-electron chi connectivity index (χ2n) is 12.8. The first-order chi connectivity index (χ1) is 25.2. The summed E-state index contributed by atoms with van der Waals surface area (Å²) in [7, 11) is -3.18. The molecule has 0 radical (unpaired) electrons. The average molecular weight is 673 g/mol. The Balaban J connectivity index is 1.35. The van der Waals surface area contributed by atoms with Gasteiger partial charge in [-0.3, -0.25) is 0 Å². The van der Waals surface area contributed by atoms with E-state index in [1.165, 1.54) is 0 Å². The molecule has 1 aliphatic carbocycles. The van der Waals surface area contributed by atoms with Gasteiger partial charge in [0.05, 0.1) is 16.8 Å². The van der Waals surface area contributed by atoms with E-state index in [0.29, 0.717) is 5.82 Å². The Bertz CT molecular complexity index is 2480. The lowest BCUT2D eigenvalue weighted by atomic mass is 9.69. The van der Waals surface area contributed by atoms with Crippen molar-refractivity contribution in [1.29, 1.82) is 0 Å². The SMILES string of the molecule is O=P(c1ccccc1)(c1ccccc1)c1ccc(C2(c3ccccc3)c3ccccc3-c3c(-c4ccccc4)nc(-c4ccccc4)nc32)cc1. The first-order valence-corrected chi connectivity index (χ1v) is 18.9. The fourth-order valence-electron chi connectivity index (χ4n) is 7.75. The highest BCUT2D eigenvalue weighted by molar-refractivity contribution is 7.85. The van der Waals surface area contributed by atoms with Crippen molar-refractivity contribution in [3.8, 4) is 33.8 Å². The quantitative estimate of drug-likeness (QED) is 0.158. The molecule has 0 spiro atoms. The highest BCUT2D eigenvalue weighted by atomic mass is 31.2. The maximum absolute atomic E-state index is 15.4. The van der Waals surface area contributed by atoms with Gasteiger partial charge >= 0.3 is 0 Å². The van der Waals surface area contributed by atoms with Crippen molar-refractivity contribution < 1.29 is 4.57 Å². The molecule has 0 N–H and O–H groups in total. The fourth-order valence-corrected chi connectivity index (χ4v) is 10.4. The van der Waals surface area contributed by atoms with E-state index in [9.17, 15) is 0 Å². The summed E-state index contributed by atoms with van der Waals surface area (Å²) in [6, 6.07) is 68.1. The first kappa shape index (κ1) is 30.9. The number of benzene rings is 7. The highest BCUT2D eigenvalue weighted by Crippen LogP contribution is 2.57. The van der Waals surface area contributed by atoms with Crippen LogP contribution in [0.4, 0.5) is 0 Å². The lowest BCUT2D eigenvalue weighted by Gasteiger charge is -2.33. The molecule has 0 amide bonds. The van der Waals surface area contributed by atoms with E-state index in [0.717, 1.165) is 66.2 Å². The topological polar surface area (TPSA) is 42.9 Å². The third-order valence-electron chi connectivity index (χ3n) is 10.1. The summed E-state index contributed by atoms with van der Waals surface area (Å²) < 4.78 is 15.4. The molecule has 0 saturated carbocycles. The minimum Gasteiger partial charge on any atom is -0.309 e. The van der Waals surface area contributed by atoms with Crippen LogP contribution in [0, 0.1) is 0 Å². The number of rotatable bonds is 7. The molecule has 0 aliphatic heterocycles. The molecule has 0 saturated heterocycles. The Morgan fingerprint density at radius 1 is 0.412 bits per heavy atom. The van der Waals surface area contributed by atoms with Crippen molar-refractivity contribution in [2.24, 2.45) is 0 Å². The zero-order valence-corrected chi connectivity index (χ0v) is 28.7. The monoisotopic (exact) mass is 672 g/mol. The molecule has 8 aromatic rings. The number of fused-ring (bicyclic) bond motifs is 3. The predicted octanol–water partition coefficient (Wildman–Crippen LogP) is 9.81. The third-order valence-corrected chi connectivity index (χ3v) is 13.1. The van der Waals surface area contributed by atoms with Gasteiger partial charge < -0.3 is 4.57 Å². The van der Waals surface area contributed by atoms with Gasteiger partial charge in [0.2, 0.25) is 0 Å². The zero-order chi connectivity index (χ0) is 34.3. The van der Waals surface area contributed by atoms with E-state index in [4.69, 9.17) is 9.97 Å². The second-order valence-corrected chi connectivity index (χ2v) is 15.6. The number of aromatic nitrogens is 2. The molecule has 9 rings (SSSR count). The molecule has 3 nitrogen and oxygen atoms in total. The van der Waals surface area contributed by atoms with Crippen molar-refractivity contribution in [3.63, 3.8) is 0 Å². The van der Waals surface area contributed by atoms with E-state index in [1.807, 2.05) is 84.9 Å². The van der Waals surface area contributed by atoms with Gasteiger partial charge in [-0.1, -0.05) is 200 Å². The maximum atomic E-state index is 15.4. The summed E-state index contributed by atoms with van der Waals surface area (Å²) in [5, 5.41) is 2.41. The Kier molecular flexibility index (Phi) is 7.64. The molecule has 7 aromatic carbocycles. The van der Waals surface area contributed by atoms with E-state index in [1.54, 1.807) is 0 Å². The van der Waals surface area contributed by atoms with Gasteiger partial charge in [0.25, 0.3) is 0 Å². The molecule has 0 bridgehead atoms. The van der Waals surface area contributed by atoms with Gasteiger partial charge in [0.1, 0.15) is 0 Å². The van der Waals surface area contributed by atoms with Gasteiger partial charge in [-0.2, -0.15) is 0 Å². The Morgan fingerprint density at radius 2 is 0.863 bits per heavy atom. The van der Waals surface area contributed by atoms with Crippen molar-refractivity contribution in [1.82, 2.24) is 9.97 Å². The van der Waals surface area contributed by atoms with Crippen LogP contribution in [-0.4, -0.2) is 9.97 Å². The van der Waals surface area contributed by atoms with Gasteiger partial charge in [-0.15, -0.1) is 0 Å². The normalized spacial score (nSPS) is 14.8. The van der Waals surface area contributed by atoms with Crippen LogP contribution in [0.2, 0.25) is 0 Å².